The molecule has 0 aliphatic carbocycles. The quantitative estimate of drug-likeness (QED) is 0.403. The van der Waals surface area contributed by atoms with Crippen LogP contribution in [0, 0.1) is 13.8 Å². The number of sulfonamides is 1. The van der Waals surface area contributed by atoms with Gasteiger partial charge in [0.2, 0.25) is 10.0 Å². The van der Waals surface area contributed by atoms with Crippen molar-refractivity contribution >= 4 is 16.0 Å². The summed E-state index contributed by atoms with van der Waals surface area (Å²) in [7, 11) is -3.21. The zero-order chi connectivity index (χ0) is 27.7. The Hall–Kier alpha value is -3.56. The second-order valence-corrected chi connectivity index (χ2v) is 12.4. The van der Waals surface area contributed by atoms with Crippen LogP contribution in [0.15, 0.2) is 54.6 Å². The summed E-state index contributed by atoms with van der Waals surface area (Å²) in [6.07, 6.45) is 1.80. The van der Waals surface area contributed by atoms with Crippen molar-refractivity contribution in [1.29, 1.82) is 0 Å². The summed E-state index contributed by atoms with van der Waals surface area (Å²) < 4.78 is 43.0. The van der Waals surface area contributed by atoms with Crippen molar-refractivity contribution in [1.82, 2.24) is 4.31 Å². The molecule has 0 unspecified atom stereocenters. The van der Waals surface area contributed by atoms with Crippen LogP contribution < -0.4 is 14.2 Å². The van der Waals surface area contributed by atoms with Crippen LogP contribution in [0.3, 0.4) is 0 Å². The van der Waals surface area contributed by atoms with Crippen LogP contribution in [0.5, 0.6) is 17.2 Å². The minimum atomic E-state index is -3.21. The van der Waals surface area contributed by atoms with Crippen LogP contribution in [0.25, 0.3) is 11.1 Å². The van der Waals surface area contributed by atoms with Gasteiger partial charge in [-0.2, -0.15) is 4.31 Å². The molecule has 0 aromatic heterocycles. The standard InChI is InChI=1S/C30H33NO7S/c1-19-11-26(38-25-9-10-31(16-25)39(3,34)35)12-20(2)30(19)22-6-4-5-21(13-22)17-36-24-7-8-27-23(14-29(32)33)18-37-28(27)15-24/h4-8,11-13,15,23,25H,9-10,14,16-18H2,1-3H3,(H,32,33)/t23-,25-/m1/s1. The lowest BCUT2D eigenvalue weighted by Gasteiger charge is -2.18. The van der Waals surface area contributed by atoms with Crippen molar-refractivity contribution < 1.29 is 32.5 Å². The number of hydrogen-bond donors (Lipinski definition) is 1. The van der Waals surface area contributed by atoms with E-state index in [0.717, 1.165) is 39.1 Å². The summed E-state index contributed by atoms with van der Waals surface area (Å²) in [6, 6.07) is 17.8. The molecular formula is C30H33NO7S. The Morgan fingerprint density at radius 1 is 1.08 bits per heavy atom. The number of benzene rings is 3. The first-order valence-electron chi connectivity index (χ1n) is 13.0. The van der Waals surface area contributed by atoms with Gasteiger partial charge in [0, 0.05) is 24.1 Å². The van der Waals surface area contributed by atoms with Gasteiger partial charge in [-0.3, -0.25) is 4.79 Å². The van der Waals surface area contributed by atoms with E-state index in [1.54, 1.807) is 0 Å². The maximum Gasteiger partial charge on any atom is 0.304 e. The average molecular weight is 552 g/mol. The summed E-state index contributed by atoms with van der Waals surface area (Å²) >= 11 is 0. The predicted molar refractivity (Wildman–Crippen MR) is 148 cm³/mol. The molecule has 9 heteroatoms. The van der Waals surface area contributed by atoms with Crippen LogP contribution in [-0.4, -0.2) is 55.9 Å². The van der Waals surface area contributed by atoms with Crippen LogP contribution in [-0.2, 0) is 21.4 Å². The molecule has 39 heavy (non-hydrogen) atoms. The molecule has 1 N–H and O–H groups in total. The van der Waals surface area contributed by atoms with Crippen molar-refractivity contribution in [2.24, 2.45) is 0 Å². The Morgan fingerprint density at radius 3 is 2.54 bits per heavy atom. The van der Waals surface area contributed by atoms with E-state index in [1.807, 2.05) is 42.5 Å². The van der Waals surface area contributed by atoms with E-state index in [9.17, 15) is 13.2 Å². The van der Waals surface area contributed by atoms with Gasteiger partial charge in [-0.1, -0.05) is 24.3 Å². The first-order chi connectivity index (χ1) is 18.6. The number of aryl methyl sites for hydroxylation is 2. The first kappa shape index (κ1) is 27.0. The Kier molecular flexibility index (Phi) is 7.55. The molecule has 3 aromatic carbocycles. The SMILES string of the molecule is Cc1cc(O[C@@H]2CCN(S(C)(=O)=O)C2)cc(C)c1-c1cccc(COc2ccc3c(c2)OC[C@H]3CC(=O)O)c1. The molecule has 2 heterocycles. The third-order valence-corrected chi connectivity index (χ3v) is 8.56. The van der Waals surface area contributed by atoms with Gasteiger partial charge in [-0.15, -0.1) is 0 Å². The van der Waals surface area contributed by atoms with E-state index in [4.69, 9.17) is 19.3 Å². The monoisotopic (exact) mass is 551 g/mol. The normalized spacial score (nSPS) is 18.9. The van der Waals surface area contributed by atoms with E-state index >= 15 is 0 Å². The van der Waals surface area contributed by atoms with Crippen molar-refractivity contribution in [3.63, 3.8) is 0 Å². The number of carboxylic acid groups (broad SMARTS) is 1. The van der Waals surface area contributed by atoms with Crippen molar-refractivity contribution in [3.8, 4) is 28.4 Å². The Morgan fingerprint density at radius 2 is 1.85 bits per heavy atom. The molecule has 3 aromatic rings. The molecule has 0 amide bonds. The van der Waals surface area contributed by atoms with Crippen molar-refractivity contribution in [2.45, 2.75) is 45.3 Å². The molecule has 1 fully saturated rings. The second kappa shape index (κ2) is 10.9. The lowest BCUT2D eigenvalue weighted by atomic mass is 9.94. The molecule has 1 saturated heterocycles. The minimum Gasteiger partial charge on any atom is -0.492 e. The Labute approximate surface area is 229 Å². The van der Waals surface area contributed by atoms with Crippen LogP contribution >= 0.6 is 0 Å². The smallest absolute Gasteiger partial charge is 0.304 e. The largest absolute Gasteiger partial charge is 0.492 e. The van der Waals surface area contributed by atoms with Crippen molar-refractivity contribution in [2.75, 3.05) is 26.0 Å². The number of hydrogen-bond acceptors (Lipinski definition) is 6. The minimum absolute atomic E-state index is 0.0499. The van der Waals surface area contributed by atoms with Gasteiger partial charge in [-0.25, -0.2) is 8.42 Å². The second-order valence-electron chi connectivity index (χ2n) is 10.4. The fourth-order valence-electron chi connectivity index (χ4n) is 5.44. The van der Waals surface area contributed by atoms with Gasteiger partial charge in [0.25, 0.3) is 0 Å². The van der Waals surface area contributed by atoms with Gasteiger partial charge in [0.15, 0.2) is 0 Å². The lowest BCUT2D eigenvalue weighted by Crippen LogP contribution is -2.29. The van der Waals surface area contributed by atoms with Gasteiger partial charge in [0.1, 0.15) is 30.0 Å². The highest BCUT2D eigenvalue weighted by molar-refractivity contribution is 7.88. The molecule has 0 spiro atoms. The summed E-state index contributed by atoms with van der Waals surface area (Å²) in [5.74, 6) is 1.14. The molecule has 0 saturated carbocycles. The van der Waals surface area contributed by atoms with E-state index in [-0.39, 0.29) is 18.4 Å². The molecule has 2 aliphatic rings. The maximum atomic E-state index is 11.8. The van der Waals surface area contributed by atoms with Gasteiger partial charge >= 0.3 is 5.97 Å². The zero-order valence-corrected chi connectivity index (χ0v) is 23.2. The molecule has 8 nitrogen and oxygen atoms in total. The van der Waals surface area contributed by atoms with E-state index in [2.05, 4.69) is 26.0 Å². The highest BCUT2D eigenvalue weighted by Gasteiger charge is 2.30. The van der Waals surface area contributed by atoms with Crippen molar-refractivity contribution in [3.05, 3.63) is 76.9 Å². The number of ether oxygens (including phenoxy) is 3. The van der Waals surface area contributed by atoms with E-state index < -0.39 is 16.0 Å². The molecule has 2 aliphatic heterocycles. The summed E-state index contributed by atoms with van der Waals surface area (Å²) in [6.45, 7) is 5.71. The molecule has 206 valence electrons. The zero-order valence-electron chi connectivity index (χ0n) is 22.3. The Balaban J connectivity index is 1.26. The highest BCUT2D eigenvalue weighted by Crippen LogP contribution is 2.38. The lowest BCUT2D eigenvalue weighted by molar-refractivity contribution is -0.137. The fraction of sp³-hybridized carbons (Fsp3) is 0.367. The molecule has 2 atom stereocenters. The third kappa shape index (κ3) is 6.20. The van der Waals surface area contributed by atoms with E-state index in [0.29, 0.717) is 44.2 Å². The number of fused-ring (bicyclic) bond motifs is 1. The fourth-order valence-corrected chi connectivity index (χ4v) is 6.32. The first-order valence-corrected chi connectivity index (χ1v) is 14.9. The number of rotatable bonds is 9. The number of carboxylic acids is 1. The van der Waals surface area contributed by atoms with Gasteiger partial charge in [0.05, 0.1) is 25.8 Å². The maximum absolute atomic E-state index is 11.8. The van der Waals surface area contributed by atoms with Gasteiger partial charge in [-0.05, 0) is 72.4 Å². The number of carbonyl (C=O) groups is 1. The van der Waals surface area contributed by atoms with Gasteiger partial charge < -0.3 is 19.3 Å². The third-order valence-electron chi connectivity index (χ3n) is 7.29. The molecule has 5 rings (SSSR count). The van der Waals surface area contributed by atoms with Crippen LogP contribution in [0.2, 0.25) is 0 Å². The number of aliphatic carboxylic acids is 1. The molecular weight excluding hydrogens is 518 g/mol. The van der Waals surface area contributed by atoms with Crippen LogP contribution in [0.4, 0.5) is 0 Å². The number of nitrogens with zero attached hydrogens (tertiary/aromatic N) is 1. The Bertz CT molecular complexity index is 1480. The highest BCUT2D eigenvalue weighted by atomic mass is 32.2. The summed E-state index contributed by atoms with van der Waals surface area (Å²) in [4.78, 5) is 11.1. The summed E-state index contributed by atoms with van der Waals surface area (Å²) in [5.41, 5.74) is 6.29. The molecule has 0 bridgehead atoms. The predicted octanol–water partition coefficient (Wildman–Crippen LogP) is 4.91. The average Bonchev–Trinajstić information content (AvgIpc) is 3.49. The molecule has 0 radical (unpaired) electrons. The topological polar surface area (TPSA) is 102 Å². The van der Waals surface area contributed by atoms with Crippen LogP contribution in [0.1, 0.15) is 41.0 Å². The summed E-state index contributed by atoms with van der Waals surface area (Å²) in [5, 5.41) is 9.10. The van der Waals surface area contributed by atoms with E-state index in [1.165, 1.54) is 10.6 Å².